The number of hydrogen-bond acceptors (Lipinski definition) is 2. The third kappa shape index (κ3) is 7.07. The van der Waals surface area contributed by atoms with Crippen molar-refractivity contribution >= 4 is 23.3 Å². The molecular weight excluding hydrogens is 466 g/mol. The molecule has 3 aromatic carbocycles. The lowest BCUT2D eigenvalue weighted by molar-refractivity contribution is -0.139. The fourth-order valence-electron chi connectivity index (χ4n) is 5.35. The van der Waals surface area contributed by atoms with Crippen LogP contribution in [0, 0.1) is 5.41 Å². The molecule has 4 rings (SSSR count). The summed E-state index contributed by atoms with van der Waals surface area (Å²) in [6, 6.07) is 28.4. The van der Waals surface area contributed by atoms with Crippen molar-refractivity contribution in [2.24, 2.45) is 5.41 Å². The van der Waals surface area contributed by atoms with E-state index in [1.54, 1.807) is 0 Å². The van der Waals surface area contributed by atoms with E-state index >= 15 is 0 Å². The van der Waals surface area contributed by atoms with E-state index in [2.05, 4.69) is 30.3 Å². The van der Waals surface area contributed by atoms with Gasteiger partial charge in [0.2, 0.25) is 5.91 Å². The Morgan fingerprint density at radius 1 is 0.722 bits per heavy atom. The highest BCUT2D eigenvalue weighted by atomic mass is 35.5. The third-order valence-corrected chi connectivity index (χ3v) is 7.95. The minimum Gasteiger partial charge on any atom is -0.343 e. The highest BCUT2D eigenvalue weighted by molar-refractivity contribution is 6.31. The molecule has 1 amide bonds. The van der Waals surface area contributed by atoms with Gasteiger partial charge in [-0.2, -0.15) is 0 Å². The molecule has 36 heavy (non-hydrogen) atoms. The number of carbonyl (C=O) groups excluding carboxylic acids is 2. The zero-order valence-corrected chi connectivity index (χ0v) is 21.8. The Morgan fingerprint density at radius 3 is 2.00 bits per heavy atom. The molecule has 3 nitrogen and oxygen atoms in total. The number of Topliss-reactive ketones (excluding diaryl/α,β-unsaturated/α-hetero) is 1. The number of rotatable bonds is 11. The second-order valence-electron chi connectivity index (χ2n) is 10.0. The van der Waals surface area contributed by atoms with E-state index in [4.69, 9.17) is 11.6 Å². The van der Waals surface area contributed by atoms with Crippen molar-refractivity contribution < 1.29 is 9.59 Å². The molecule has 3 aromatic rings. The molecule has 1 fully saturated rings. The molecule has 0 bridgehead atoms. The number of benzene rings is 3. The number of halogens is 1. The summed E-state index contributed by atoms with van der Waals surface area (Å²) in [6.07, 6.45) is 6.79. The summed E-state index contributed by atoms with van der Waals surface area (Å²) in [5, 5.41) is 0.800. The molecule has 1 heterocycles. The third-order valence-electron chi connectivity index (χ3n) is 7.58. The number of hydrogen-bond donors (Lipinski definition) is 0. The average Bonchev–Trinajstić information content (AvgIpc) is 2.92. The maximum absolute atomic E-state index is 13.7. The minimum atomic E-state index is -0.387. The summed E-state index contributed by atoms with van der Waals surface area (Å²) in [4.78, 5) is 28.5. The van der Waals surface area contributed by atoms with Crippen LogP contribution in [0.25, 0.3) is 0 Å². The van der Waals surface area contributed by atoms with Crippen LogP contribution < -0.4 is 0 Å². The zero-order chi connectivity index (χ0) is 25.2. The minimum absolute atomic E-state index is 0.194. The fourth-order valence-corrected chi connectivity index (χ4v) is 5.58. The summed E-state index contributed by atoms with van der Waals surface area (Å²) in [5.74, 6) is 0.543. The largest absolute Gasteiger partial charge is 0.343 e. The van der Waals surface area contributed by atoms with Gasteiger partial charge in [0.05, 0.1) is 0 Å². The Balaban J connectivity index is 1.34. The lowest BCUT2D eigenvalue weighted by Gasteiger charge is -2.41. The number of unbranched alkanes of at least 4 members (excludes halogenated alkanes) is 1. The summed E-state index contributed by atoms with van der Waals surface area (Å²) in [6.45, 7) is 1.32. The highest BCUT2D eigenvalue weighted by Crippen LogP contribution is 2.38. The van der Waals surface area contributed by atoms with Crippen LogP contribution in [0.3, 0.4) is 0 Å². The zero-order valence-electron chi connectivity index (χ0n) is 21.0. The molecule has 0 unspecified atom stereocenters. The van der Waals surface area contributed by atoms with Crippen molar-refractivity contribution in [2.75, 3.05) is 13.1 Å². The second kappa shape index (κ2) is 12.9. The van der Waals surface area contributed by atoms with Gasteiger partial charge in [0.15, 0.2) is 0 Å². The molecule has 0 radical (unpaired) electrons. The van der Waals surface area contributed by atoms with Crippen molar-refractivity contribution in [3.63, 3.8) is 0 Å². The molecule has 1 aliphatic heterocycles. The van der Waals surface area contributed by atoms with Crippen molar-refractivity contribution in [3.05, 3.63) is 107 Å². The van der Waals surface area contributed by atoms with Gasteiger partial charge in [-0.25, -0.2) is 0 Å². The SMILES string of the molecule is O=C(CCc1ccccc1)N1CCC(Cc2ccccc2)(C(=O)CCCCc2ccccc2Cl)CC1. The lowest BCUT2D eigenvalue weighted by Crippen LogP contribution is -2.47. The van der Waals surface area contributed by atoms with Crippen LogP contribution in [0.4, 0.5) is 0 Å². The predicted molar refractivity (Wildman–Crippen MR) is 147 cm³/mol. The number of likely N-dealkylation sites (tertiary alicyclic amines) is 1. The van der Waals surface area contributed by atoms with E-state index in [1.807, 2.05) is 59.5 Å². The molecule has 0 aliphatic carbocycles. The summed E-state index contributed by atoms with van der Waals surface area (Å²) in [5.41, 5.74) is 3.15. The van der Waals surface area contributed by atoms with E-state index in [1.165, 1.54) is 11.1 Å². The Morgan fingerprint density at radius 2 is 1.33 bits per heavy atom. The molecule has 0 saturated carbocycles. The first-order valence-corrected chi connectivity index (χ1v) is 13.6. The number of piperidine rings is 1. The van der Waals surface area contributed by atoms with Crippen molar-refractivity contribution in [1.82, 2.24) is 4.90 Å². The molecule has 0 spiro atoms. The normalized spacial score (nSPS) is 15.0. The van der Waals surface area contributed by atoms with Gasteiger partial charge in [0.1, 0.15) is 5.78 Å². The number of aryl methyl sites for hydroxylation is 2. The van der Waals surface area contributed by atoms with Crippen LogP contribution >= 0.6 is 11.6 Å². The molecular formula is C32H36ClNO2. The summed E-state index contributed by atoms with van der Waals surface area (Å²) >= 11 is 6.30. The van der Waals surface area contributed by atoms with E-state index in [0.717, 1.165) is 55.5 Å². The second-order valence-corrected chi connectivity index (χ2v) is 10.4. The number of nitrogens with zero attached hydrogens (tertiary/aromatic N) is 1. The molecule has 188 valence electrons. The smallest absolute Gasteiger partial charge is 0.222 e. The van der Waals surface area contributed by atoms with Crippen LogP contribution in [-0.2, 0) is 28.9 Å². The molecule has 0 atom stereocenters. The monoisotopic (exact) mass is 501 g/mol. The number of amides is 1. The number of carbonyl (C=O) groups is 2. The van der Waals surface area contributed by atoms with Crippen LogP contribution in [0.2, 0.25) is 5.02 Å². The predicted octanol–water partition coefficient (Wildman–Crippen LogP) is 7.11. The molecule has 1 saturated heterocycles. The Hall–Kier alpha value is -2.91. The summed E-state index contributed by atoms with van der Waals surface area (Å²) < 4.78 is 0. The standard InChI is InChI=1S/C32H36ClNO2/c33-29-17-9-7-15-28(29)16-8-10-18-30(35)32(25-27-13-5-2-6-14-27)21-23-34(24-22-32)31(36)20-19-26-11-3-1-4-12-26/h1-7,9,11-15,17H,8,10,16,18-25H2. The van der Waals surface area contributed by atoms with Gasteiger partial charge in [-0.3, -0.25) is 9.59 Å². The maximum Gasteiger partial charge on any atom is 0.222 e. The van der Waals surface area contributed by atoms with E-state index in [0.29, 0.717) is 31.7 Å². The van der Waals surface area contributed by atoms with Crippen molar-refractivity contribution in [1.29, 1.82) is 0 Å². The highest BCUT2D eigenvalue weighted by Gasteiger charge is 2.41. The van der Waals surface area contributed by atoms with E-state index in [-0.39, 0.29) is 11.3 Å². The van der Waals surface area contributed by atoms with Gasteiger partial charge in [0, 0.05) is 36.4 Å². The van der Waals surface area contributed by atoms with Crippen LogP contribution in [0.5, 0.6) is 0 Å². The van der Waals surface area contributed by atoms with Crippen LogP contribution in [0.15, 0.2) is 84.9 Å². The molecule has 0 N–H and O–H groups in total. The van der Waals surface area contributed by atoms with Crippen molar-refractivity contribution in [2.45, 2.75) is 57.8 Å². The van der Waals surface area contributed by atoms with Gasteiger partial charge >= 0.3 is 0 Å². The van der Waals surface area contributed by atoms with Crippen LogP contribution in [0.1, 0.15) is 55.2 Å². The van der Waals surface area contributed by atoms with Crippen LogP contribution in [-0.4, -0.2) is 29.7 Å². The molecule has 0 aromatic heterocycles. The number of ketones is 1. The van der Waals surface area contributed by atoms with Gasteiger partial charge in [0.25, 0.3) is 0 Å². The lowest BCUT2D eigenvalue weighted by atomic mass is 9.69. The van der Waals surface area contributed by atoms with Gasteiger partial charge in [-0.1, -0.05) is 90.5 Å². The Labute approximate surface area is 220 Å². The van der Waals surface area contributed by atoms with E-state index < -0.39 is 0 Å². The van der Waals surface area contributed by atoms with Gasteiger partial charge in [-0.15, -0.1) is 0 Å². The topological polar surface area (TPSA) is 37.4 Å². The molecule has 4 heteroatoms. The van der Waals surface area contributed by atoms with E-state index in [9.17, 15) is 9.59 Å². The van der Waals surface area contributed by atoms with Crippen molar-refractivity contribution in [3.8, 4) is 0 Å². The van der Waals surface area contributed by atoms with Gasteiger partial charge in [-0.05, 0) is 67.7 Å². The first-order valence-electron chi connectivity index (χ1n) is 13.2. The fraction of sp³-hybridized carbons (Fsp3) is 0.375. The first kappa shape index (κ1) is 26.2. The Bertz CT molecular complexity index is 1120. The quantitative estimate of drug-likeness (QED) is 0.262. The maximum atomic E-state index is 13.7. The first-order chi connectivity index (χ1) is 17.6. The Kier molecular flexibility index (Phi) is 9.35. The molecule has 1 aliphatic rings. The van der Waals surface area contributed by atoms with Gasteiger partial charge < -0.3 is 4.90 Å². The average molecular weight is 502 g/mol. The summed E-state index contributed by atoms with van der Waals surface area (Å²) in [7, 11) is 0.